The van der Waals surface area contributed by atoms with E-state index in [1.54, 1.807) is 12.7 Å². The van der Waals surface area contributed by atoms with Gasteiger partial charge in [0.15, 0.2) is 0 Å². The summed E-state index contributed by atoms with van der Waals surface area (Å²) in [5.41, 5.74) is 5.79. The van der Waals surface area contributed by atoms with Crippen molar-refractivity contribution in [2.24, 2.45) is 11.7 Å². The minimum atomic E-state index is -0.604. The van der Waals surface area contributed by atoms with Crippen LogP contribution in [0.5, 0.6) is 0 Å². The molecular weight excluding hydrogens is 266 g/mol. The first-order valence-corrected chi connectivity index (χ1v) is 8.08. The van der Waals surface area contributed by atoms with E-state index in [1.165, 1.54) is 6.42 Å². The van der Waals surface area contributed by atoms with Crippen LogP contribution in [-0.4, -0.2) is 44.2 Å². The maximum absolute atomic E-state index is 12.8. The van der Waals surface area contributed by atoms with Gasteiger partial charge >= 0.3 is 0 Å². The summed E-state index contributed by atoms with van der Waals surface area (Å²) >= 11 is 0. The molecule has 1 saturated carbocycles. The van der Waals surface area contributed by atoms with E-state index in [2.05, 4.69) is 10.1 Å². The van der Waals surface area contributed by atoms with Gasteiger partial charge in [-0.05, 0) is 31.6 Å². The first-order valence-electron chi connectivity index (χ1n) is 8.08. The van der Waals surface area contributed by atoms with Gasteiger partial charge in [-0.3, -0.25) is 9.48 Å². The third-order valence-corrected chi connectivity index (χ3v) is 4.89. The van der Waals surface area contributed by atoms with Gasteiger partial charge in [-0.2, -0.15) is 5.10 Å². The van der Waals surface area contributed by atoms with Crippen LogP contribution >= 0.6 is 0 Å². The highest BCUT2D eigenvalue weighted by atomic mass is 16.2. The lowest BCUT2D eigenvalue weighted by atomic mass is 9.81. The molecular formula is C15H25N5O. The molecule has 2 heterocycles. The predicted molar refractivity (Wildman–Crippen MR) is 79.3 cm³/mol. The molecule has 2 N–H and O–H groups in total. The molecule has 2 fully saturated rings. The van der Waals surface area contributed by atoms with Gasteiger partial charge < -0.3 is 10.6 Å². The van der Waals surface area contributed by atoms with Crippen LogP contribution in [0.1, 0.15) is 44.9 Å². The molecule has 0 radical (unpaired) electrons. The van der Waals surface area contributed by atoms with E-state index in [1.807, 2.05) is 9.58 Å². The minimum Gasteiger partial charge on any atom is -0.341 e. The number of carbonyl (C=O) groups is 1. The van der Waals surface area contributed by atoms with Crippen LogP contribution in [0.2, 0.25) is 0 Å². The highest BCUT2D eigenvalue weighted by Crippen LogP contribution is 2.29. The Morgan fingerprint density at radius 1 is 1.29 bits per heavy atom. The van der Waals surface area contributed by atoms with E-state index in [9.17, 15) is 4.79 Å². The van der Waals surface area contributed by atoms with E-state index >= 15 is 0 Å². The summed E-state index contributed by atoms with van der Waals surface area (Å²) in [5, 5.41) is 4.16. The van der Waals surface area contributed by atoms with Crippen molar-refractivity contribution in [1.29, 1.82) is 0 Å². The second-order valence-corrected chi connectivity index (χ2v) is 6.59. The second-order valence-electron chi connectivity index (χ2n) is 6.59. The quantitative estimate of drug-likeness (QED) is 0.907. The Hall–Kier alpha value is -1.43. The first kappa shape index (κ1) is 14.5. The maximum Gasteiger partial charge on any atom is 0.242 e. The van der Waals surface area contributed by atoms with Crippen LogP contribution in [0.4, 0.5) is 0 Å². The van der Waals surface area contributed by atoms with E-state index < -0.39 is 5.54 Å². The Kier molecular flexibility index (Phi) is 4.24. The number of nitrogens with two attached hydrogens (primary N) is 1. The lowest BCUT2D eigenvalue weighted by molar-refractivity contribution is -0.140. The number of likely N-dealkylation sites (tertiary alicyclic amines) is 1. The van der Waals surface area contributed by atoms with Crippen molar-refractivity contribution < 1.29 is 4.79 Å². The van der Waals surface area contributed by atoms with Crippen LogP contribution in [0.3, 0.4) is 0 Å². The SMILES string of the molecule is NC1(C(=O)N2CCC[C@H](Cn3cncn3)C2)CCCCC1. The number of rotatable bonds is 3. The molecule has 1 atom stereocenters. The van der Waals surface area contributed by atoms with Crippen LogP contribution in [0, 0.1) is 5.92 Å². The first-order chi connectivity index (χ1) is 10.2. The molecule has 3 rings (SSSR count). The zero-order chi connectivity index (χ0) is 14.7. The van der Waals surface area contributed by atoms with Gasteiger partial charge in [-0.25, -0.2) is 4.98 Å². The summed E-state index contributed by atoms with van der Waals surface area (Å²) in [6.07, 6.45) is 10.6. The van der Waals surface area contributed by atoms with Crippen LogP contribution in [0.15, 0.2) is 12.7 Å². The summed E-state index contributed by atoms with van der Waals surface area (Å²) in [4.78, 5) is 18.8. The van der Waals surface area contributed by atoms with Gasteiger partial charge in [-0.15, -0.1) is 0 Å². The van der Waals surface area contributed by atoms with E-state index in [0.29, 0.717) is 5.92 Å². The second kappa shape index (κ2) is 6.13. The topological polar surface area (TPSA) is 77.0 Å². The van der Waals surface area contributed by atoms with Crippen molar-refractivity contribution in [1.82, 2.24) is 19.7 Å². The molecule has 1 saturated heterocycles. The summed E-state index contributed by atoms with van der Waals surface area (Å²) in [7, 11) is 0. The molecule has 2 aliphatic rings. The standard InChI is InChI=1S/C15H25N5O/c16-15(6-2-1-3-7-15)14(21)19-8-4-5-13(9-19)10-20-12-17-11-18-20/h11-13H,1-10,16H2/t13-/m0/s1. The molecule has 21 heavy (non-hydrogen) atoms. The highest BCUT2D eigenvalue weighted by Gasteiger charge is 2.39. The predicted octanol–water partition coefficient (Wildman–Crippen LogP) is 1.18. The Labute approximate surface area is 125 Å². The van der Waals surface area contributed by atoms with E-state index in [4.69, 9.17) is 5.73 Å². The van der Waals surface area contributed by atoms with Crippen LogP contribution in [-0.2, 0) is 11.3 Å². The fourth-order valence-corrected chi connectivity index (χ4v) is 3.70. The number of aromatic nitrogens is 3. The van der Waals surface area contributed by atoms with E-state index in [-0.39, 0.29) is 5.91 Å². The molecule has 6 heteroatoms. The molecule has 1 aromatic heterocycles. The Balaban J connectivity index is 1.61. The summed E-state index contributed by atoms with van der Waals surface area (Å²) in [5.74, 6) is 0.627. The van der Waals surface area contributed by atoms with Crippen LogP contribution in [0.25, 0.3) is 0 Å². The Morgan fingerprint density at radius 3 is 2.81 bits per heavy atom. The average molecular weight is 291 g/mol. The van der Waals surface area contributed by atoms with Gasteiger partial charge in [0.25, 0.3) is 0 Å². The molecule has 0 bridgehead atoms. The smallest absolute Gasteiger partial charge is 0.242 e. The summed E-state index contributed by atoms with van der Waals surface area (Å²) in [6.45, 7) is 2.49. The van der Waals surface area contributed by atoms with Gasteiger partial charge in [0.1, 0.15) is 12.7 Å². The third-order valence-electron chi connectivity index (χ3n) is 4.89. The number of carbonyl (C=O) groups excluding carboxylic acids is 1. The summed E-state index contributed by atoms with van der Waals surface area (Å²) in [6, 6.07) is 0. The van der Waals surface area contributed by atoms with Crippen molar-refractivity contribution in [3.63, 3.8) is 0 Å². The van der Waals surface area contributed by atoms with Crippen LogP contribution < -0.4 is 5.73 Å². The zero-order valence-electron chi connectivity index (χ0n) is 12.6. The molecule has 6 nitrogen and oxygen atoms in total. The fourth-order valence-electron chi connectivity index (χ4n) is 3.70. The molecule has 116 valence electrons. The molecule has 1 aliphatic carbocycles. The normalized spacial score (nSPS) is 25.8. The van der Waals surface area contributed by atoms with E-state index in [0.717, 1.165) is 58.2 Å². The van der Waals surface area contributed by atoms with Gasteiger partial charge in [0, 0.05) is 19.6 Å². The number of nitrogens with zero attached hydrogens (tertiary/aromatic N) is 4. The van der Waals surface area contributed by atoms with Crippen molar-refractivity contribution >= 4 is 5.91 Å². The molecule has 0 aromatic carbocycles. The van der Waals surface area contributed by atoms with Crippen molar-refractivity contribution in [2.45, 2.75) is 57.0 Å². The monoisotopic (exact) mass is 291 g/mol. The maximum atomic E-state index is 12.8. The molecule has 1 aromatic rings. The van der Waals surface area contributed by atoms with Gasteiger partial charge in [-0.1, -0.05) is 19.3 Å². The summed E-state index contributed by atoms with van der Waals surface area (Å²) < 4.78 is 1.86. The lowest BCUT2D eigenvalue weighted by Crippen LogP contribution is -2.58. The number of hydrogen-bond donors (Lipinski definition) is 1. The van der Waals surface area contributed by atoms with Gasteiger partial charge in [0.2, 0.25) is 5.91 Å². The van der Waals surface area contributed by atoms with Crippen molar-refractivity contribution in [3.05, 3.63) is 12.7 Å². The number of amides is 1. The number of piperidine rings is 1. The molecule has 0 spiro atoms. The lowest BCUT2D eigenvalue weighted by Gasteiger charge is -2.40. The Morgan fingerprint density at radius 2 is 2.10 bits per heavy atom. The van der Waals surface area contributed by atoms with Gasteiger partial charge in [0.05, 0.1) is 5.54 Å². The molecule has 0 unspecified atom stereocenters. The average Bonchev–Trinajstić information content (AvgIpc) is 3.00. The number of hydrogen-bond acceptors (Lipinski definition) is 4. The molecule has 1 aliphatic heterocycles. The fraction of sp³-hybridized carbons (Fsp3) is 0.800. The largest absolute Gasteiger partial charge is 0.341 e. The minimum absolute atomic E-state index is 0.172. The zero-order valence-corrected chi connectivity index (χ0v) is 12.6. The highest BCUT2D eigenvalue weighted by molar-refractivity contribution is 5.86. The third kappa shape index (κ3) is 3.26. The van der Waals surface area contributed by atoms with Crippen molar-refractivity contribution in [2.75, 3.05) is 13.1 Å². The Bertz CT molecular complexity index is 466. The molecule has 1 amide bonds. The van der Waals surface area contributed by atoms with Crippen molar-refractivity contribution in [3.8, 4) is 0 Å².